The maximum Gasteiger partial charge on any atom is 0.304 e. The third-order valence-corrected chi connectivity index (χ3v) is 2.78. The van der Waals surface area contributed by atoms with E-state index in [2.05, 4.69) is 9.80 Å². The number of aliphatic carboxylic acids is 1. The average Bonchev–Trinajstić information content (AvgIpc) is 2.25. The van der Waals surface area contributed by atoms with Gasteiger partial charge in [-0.3, -0.25) is 9.59 Å². The average molecular weight is 229 g/mol. The van der Waals surface area contributed by atoms with Gasteiger partial charge in [0.25, 0.3) is 0 Å². The van der Waals surface area contributed by atoms with Gasteiger partial charge < -0.3 is 20.6 Å². The second-order valence-corrected chi connectivity index (χ2v) is 4.04. The maximum absolute atomic E-state index is 10.6. The number of hydrogen-bond acceptors (Lipinski definition) is 4. The normalized spacial score (nSPS) is 18.5. The maximum atomic E-state index is 10.6. The lowest BCUT2D eigenvalue weighted by atomic mass is 10.2. The van der Waals surface area contributed by atoms with Crippen molar-refractivity contribution in [2.45, 2.75) is 12.8 Å². The number of amides is 1. The van der Waals surface area contributed by atoms with Crippen molar-refractivity contribution in [3.63, 3.8) is 0 Å². The van der Waals surface area contributed by atoms with Gasteiger partial charge in [0.1, 0.15) is 0 Å². The molecule has 1 rings (SSSR count). The standard InChI is InChI=1S/C10H19N3O3/c11-9(14)1-3-12-5-7-13(8-6-12)4-2-10(15)16/h1-8H2,(H2,11,14)(H,15,16). The molecular weight excluding hydrogens is 210 g/mol. The molecular formula is C10H19N3O3. The van der Waals surface area contributed by atoms with Crippen LogP contribution in [-0.2, 0) is 9.59 Å². The molecule has 0 aromatic heterocycles. The van der Waals surface area contributed by atoms with Gasteiger partial charge in [-0.05, 0) is 0 Å². The highest BCUT2D eigenvalue weighted by atomic mass is 16.4. The third kappa shape index (κ3) is 5.09. The quantitative estimate of drug-likeness (QED) is 0.607. The minimum absolute atomic E-state index is 0.196. The highest BCUT2D eigenvalue weighted by molar-refractivity contribution is 5.73. The van der Waals surface area contributed by atoms with E-state index in [0.717, 1.165) is 26.2 Å². The van der Waals surface area contributed by atoms with E-state index >= 15 is 0 Å². The van der Waals surface area contributed by atoms with E-state index in [1.165, 1.54) is 0 Å². The molecule has 0 spiro atoms. The predicted octanol–water partition coefficient (Wildman–Crippen LogP) is -1.05. The van der Waals surface area contributed by atoms with E-state index in [1.807, 2.05) is 0 Å². The van der Waals surface area contributed by atoms with Crippen LogP contribution >= 0.6 is 0 Å². The first kappa shape index (κ1) is 12.9. The van der Waals surface area contributed by atoms with E-state index < -0.39 is 5.97 Å². The smallest absolute Gasteiger partial charge is 0.304 e. The summed E-state index contributed by atoms with van der Waals surface area (Å²) in [6.45, 7) is 4.82. The van der Waals surface area contributed by atoms with E-state index in [4.69, 9.17) is 10.8 Å². The molecule has 3 N–H and O–H groups in total. The Morgan fingerprint density at radius 3 is 1.81 bits per heavy atom. The lowest BCUT2D eigenvalue weighted by Gasteiger charge is -2.34. The molecule has 0 saturated carbocycles. The highest BCUT2D eigenvalue weighted by Gasteiger charge is 2.17. The van der Waals surface area contributed by atoms with Crippen LogP contribution < -0.4 is 5.73 Å². The van der Waals surface area contributed by atoms with Gasteiger partial charge in [-0.1, -0.05) is 0 Å². The number of carbonyl (C=O) groups is 2. The number of carboxylic acids is 1. The third-order valence-electron chi connectivity index (χ3n) is 2.78. The van der Waals surface area contributed by atoms with Crippen molar-refractivity contribution < 1.29 is 14.7 Å². The SMILES string of the molecule is NC(=O)CCN1CCN(CCC(=O)O)CC1. The molecule has 92 valence electrons. The molecule has 0 radical (unpaired) electrons. The minimum atomic E-state index is -0.754. The topological polar surface area (TPSA) is 86.9 Å². The zero-order chi connectivity index (χ0) is 12.0. The largest absolute Gasteiger partial charge is 0.481 e. The summed E-state index contributed by atoms with van der Waals surface area (Å²) in [6.07, 6.45) is 0.594. The van der Waals surface area contributed by atoms with Gasteiger partial charge in [-0.25, -0.2) is 0 Å². The molecule has 0 unspecified atom stereocenters. The number of rotatable bonds is 6. The van der Waals surface area contributed by atoms with Crippen molar-refractivity contribution in [3.8, 4) is 0 Å². The lowest BCUT2D eigenvalue weighted by Crippen LogP contribution is -2.47. The number of nitrogens with two attached hydrogens (primary N) is 1. The fraction of sp³-hybridized carbons (Fsp3) is 0.800. The molecule has 6 heteroatoms. The second kappa shape index (κ2) is 6.44. The van der Waals surface area contributed by atoms with Crippen LogP contribution in [0.15, 0.2) is 0 Å². The molecule has 0 aromatic rings. The zero-order valence-electron chi connectivity index (χ0n) is 9.39. The summed E-state index contributed by atoms with van der Waals surface area (Å²) in [5.74, 6) is -1.02. The van der Waals surface area contributed by atoms with Crippen LogP contribution in [0, 0.1) is 0 Å². The molecule has 0 aromatic carbocycles. The van der Waals surface area contributed by atoms with Crippen molar-refractivity contribution in [2.75, 3.05) is 39.3 Å². The first-order valence-electron chi connectivity index (χ1n) is 5.53. The van der Waals surface area contributed by atoms with Crippen molar-refractivity contribution in [3.05, 3.63) is 0 Å². The Morgan fingerprint density at radius 1 is 1.00 bits per heavy atom. The number of carboxylic acid groups (broad SMARTS) is 1. The first-order valence-corrected chi connectivity index (χ1v) is 5.53. The van der Waals surface area contributed by atoms with Crippen LogP contribution in [-0.4, -0.2) is 66.1 Å². The van der Waals surface area contributed by atoms with Crippen molar-refractivity contribution in [1.29, 1.82) is 0 Å². The molecule has 0 bridgehead atoms. The Morgan fingerprint density at radius 2 is 1.44 bits per heavy atom. The van der Waals surface area contributed by atoms with Crippen LogP contribution in [0.1, 0.15) is 12.8 Å². The molecule has 1 saturated heterocycles. The predicted molar refractivity (Wildman–Crippen MR) is 58.9 cm³/mol. The van der Waals surface area contributed by atoms with Crippen LogP contribution in [0.5, 0.6) is 0 Å². The molecule has 16 heavy (non-hydrogen) atoms. The summed E-state index contributed by atoms with van der Waals surface area (Å²) in [5.41, 5.74) is 5.08. The van der Waals surface area contributed by atoms with Gasteiger partial charge in [0.15, 0.2) is 0 Å². The van der Waals surface area contributed by atoms with Crippen LogP contribution in [0.3, 0.4) is 0 Å². The zero-order valence-corrected chi connectivity index (χ0v) is 9.39. The van der Waals surface area contributed by atoms with Crippen molar-refractivity contribution >= 4 is 11.9 Å². The Balaban J connectivity index is 2.13. The Labute approximate surface area is 95.0 Å². The van der Waals surface area contributed by atoms with Gasteiger partial charge in [-0.2, -0.15) is 0 Å². The van der Waals surface area contributed by atoms with Crippen molar-refractivity contribution in [2.24, 2.45) is 5.73 Å². The summed E-state index contributed by atoms with van der Waals surface area (Å²) in [6, 6.07) is 0. The number of carbonyl (C=O) groups excluding carboxylic acids is 1. The molecule has 1 aliphatic rings. The van der Waals surface area contributed by atoms with Gasteiger partial charge >= 0.3 is 5.97 Å². The summed E-state index contributed by atoms with van der Waals surface area (Å²) in [4.78, 5) is 25.3. The number of hydrogen-bond donors (Lipinski definition) is 2. The van der Waals surface area contributed by atoms with Gasteiger partial charge in [-0.15, -0.1) is 0 Å². The molecule has 0 atom stereocenters. The summed E-state index contributed by atoms with van der Waals surface area (Å²) >= 11 is 0. The van der Waals surface area contributed by atoms with E-state index in [0.29, 0.717) is 19.5 Å². The van der Waals surface area contributed by atoms with Crippen LogP contribution in [0.2, 0.25) is 0 Å². The fourth-order valence-corrected chi connectivity index (χ4v) is 1.76. The van der Waals surface area contributed by atoms with Gasteiger partial charge in [0, 0.05) is 45.7 Å². The molecule has 1 heterocycles. The van der Waals surface area contributed by atoms with Crippen molar-refractivity contribution in [1.82, 2.24) is 9.80 Å². The van der Waals surface area contributed by atoms with E-state index in [-0.39, 0.29) is 12.3 Å². The second-order valence-electron chi connectivity index (χ2n) is 4.04. The summed E-state index contributed by atoms with van der Waals surface area (Å²) < 4.78 is 0. The summed E-state index contributed by atoms with van der Waals surface area (Å²) in [7, 11) is 0. The van der Waals surface area contributed by atoms with Gasteiger partial charge in [0.2, 0.25) is 5.91 Å². The Kier molecular flexibility index (Phi) is 5.21. The monoisotopic (exact) mass is 229 g/mol. The van der Waals surface area contributed by atoms with Crippen LogP contribution in [0.25, 0.3) is 0 Å². The highest BCUT2D eigenvalue weighted by Crippen LogP contribution is 2.03. The van der Waals surface area contributed by atoms with Crippen LogP contribution in [0.4, 0.5) is 0 Å². The molecule has 1 fully saturated rings. The van der Waals surface area contributed by atoms with E-state index in [9.17, 15) is 9.59 Å². The number of nitrogens with zero attached hydrogens (tertiary/aromatic N) is 2. The first-order chi connectivity index (χ1) is 7.58. The minimum Gasteiger partial charge on any atom is -0.481 e. The Bertz CT molecular complexity index is 224. The molecule has 0 aliphatic carbocycles. The van der Waals surface area contributed by atoms with Gasteiger partial charge in [0.05, 0.1) is 6.42 Å². The lowest BCUT2D eigenvalue weighted by molar-refractivity contribution is -0.137. The fourth-order valence-electron chi connectivity index (χ4n) is 1.76. The molecule has 1 aliphatic heterocycles. The number of piperazine rings is 1. The molecule has 6 nitrogen and oxygen atoms in total. The number of primary amides is 1. The summed E-state index contributed by atoms with van der Waals surface area (Å²) in [5, 5.41) is 8.55. The Hall–Kier alpha value is -1.14. The van der Waals surface area contributed by atoms with E-state index in [1.54, 1.807) is 0 Å². The molecule has 1 amide bonds.